The molecule has 0 radical (unpaired) electrons. The molecule has 0 fully saturated rings. The van der Waals surface area contributed by atoms with E-state index in [0.29, 0.717) is 27.8 Å². The number of hydrogen-bond acceptors (Lipinski definition) is 7. The highest BCUT2D eigenvalue weighted by Crippen LogP contribution is 2.27. The maximum atomic E-state index is 13.2. The highest BCUT2D eigenvalue weighted by Gasteiger charge is 2.21. The fourth-order valence-corrected chi connectivity index (χ4v) is 3.73. The number of aliphatic hydroxyl groups is 1. The Morgan fingerprint density at radius 2 is 1.79 bits per heavy atom. The van der Waals surface area contributed by atoms with Gasteiger partial charge in [-0.2, -0.15) is 0 Å². The second-order valence-corrected chi connectivity index (χ2v) is 10.9. The zero-order valence-electron chi connectivity index (χ0n) is 19.9. The molecule has 0 aliphatic heterocycles. The van der Waals surface area contributed by atoms with Crippen molar-refractivity contribution < 1.29 is 9.90 Å². The summed E-state index contributed by atoms with van der Waals surface area (Å²) in [5, 5.41) is 16.2. The average Bonchev–Trinajstić information content (AvgIpc) is 2.78. The van der Waals surface area contributed by atoms with E-state index in [9.17, 15) is 9.90 Å². The van der Waals surface area contributed by atoms with E-state index >= 15 is 0 Å². The molecule has 0 aliphatic rings. The van der Waals surface area contributed by atoms with Crippen LogP contribution in [-0.2, 0) is 0 Å². The molecule has 3 rings (SSSR count). The predicted molar refractivity (Wildman–Crippen MR) is 140 cm³/mol. The minimum Gasteiger partial charge on any atom is -0.394 e. The van der Waals surface area contributed by atoms with E-state index in [1.807, 2.05) is 38.1 Å². The van der Waals surface area contributed by atoms with Gasteiger partial charge in [-0.05, 0) is 76.9 Å². The van der Waals surface area contributed by atoms with Crippen molar-refractivity contribution in [3.63, 3.8) is 0 Å². The predicted octanol–water partition coefficient (Wildman–Crippen LogP) is 5.63. The maximum Gasteiger partial charge on any atom is 0.276 e. The summed E-state index contributed by atoms with van der Waals surface area (Å²) in [5.74, 6) is 0.0727. The van der Waals surface area contributed by atoms with Crippen LogP contribution < -0.4 is 15.4 Å². The third kappa shape index (κ3) is 7.43. The molecule has 9 heteroatoms. The zero-order valence-corrected chi connectivity index (χ0v) is 21.5. The number of nitrogens with zero attached hydrogens (tertiary/aromatic N) is 2. The van der Waals surface area contributed by atoms with E-state index in [1.165, 1.54) is 18.1 Å². The average molecular weight is 500 g/mol. The monoisotopic (exact) mass is 499 g/mol. The number of carbonyl (C=O) groups excluding carboxylic acids is 1. The molecule has 0 spiro atoms. The lowest BCUT2D eigenvalue weighted by atomic mass is 10.1. The van der Waals surface area contributed by atoms with Crippen molar-refractivity contribution >= 4 is 41.0 Å². The molecular formula is C25H30ClN5O2S. The van der Waals surface area contributed by atoms with E-state index in [4.69, 9.17) is 11.6 Å². The Morgan fingerprint density at radius 1 is 1.09 bits per heavy atom. The number of aliphatic hydroxyl groups excluding tert-OH is 1. The molecule has 180 valence electrons. The second-order valence-electron chi connectivity index (χ2n) is 9.56. The van der Waals surface area contributed by atoms with Gasteiger partial charge in [0.15, 0.2) is 5.69 Å². The van der Waals surface area contributed by atoms with Gasteiger partial charge < -0.3 is 15.7 Å². The topological polar surface area (TPSA) is 99.2 Å². The molecule has 2 aromatic carbocycles. The first kappa shape index (κ1) is 26.0. The molecular weight excluding hydrogens is 470 g/mol. The van der Waals surface area contributed by atoms with Gasteiger partial charge in [0.05, 0.1) is 18.3 Å². The summed E-state index contributed by atoms with van der Waals surface area (Å²) in [7, 11) is 0. The van der Waals surface area contributed by atoms with Gasteiger partial charge >= 0.3 is 0 Å². The SMILES string of the molecule is CC(C)(C)NSc1cccc(NC(=O)c2ncc(NC(C)(C)CO)nc2-c2ccc(Cl)cc2)c1. The van der Waals surface area contributed by atoms with Crippen molar-refractivity contribution in [2.75, 3.05) is 17.2 Å². The lowest BCUT2D eigenvalue weighted by Crippen LogP contribution is -2.35. The van der Waals surface area contributed by atoms with Crippen molar-refractivity contribution in [3.05, 3.63) is 65.4 Å². The Hall–Kier alpha value is -2.65. The molecule has 1 heterocycles. The summed E-state index contributed by atoms with van der Waals surface area (Å²) in [6.45, 7) is 9.85. The fourth-order valence-electron chi connectivity index (χ4n) is 2.85. The third-order valence-electron chi connectivity index (χ3n) is 4.53. The normalized spacial score (nSPS) is 11.9. The highest BCUT2D eigenvalue weighted by molar-refractivity contribution is 7.97. The first-order valence-corrected chi connectivity index (χ1v) is 12.0. The lowest BCUT2D eigenvalue weighted by molar-refractivity contribution is 0.102. The number of hydrogen-bond donors (Lipinski definition) is 4. The number of carbonyl (C=O) groups is 1. The van der Waals surface area contributed by atoms with Crippen LogP contribution in [0.25, 0.3) is 11.3 Å². The van der Waals surface area contributed by atoms with Crippen LogP contribution in [0.1, 0.15) is 45.1 Å². The molecule has 7 nitrogen and oxygen atoms in total. The van der Waals surface area contributed by atoms with Crippen LogP contribution in [0, 0.1) is 0 Å². The van der Waals surface area contributed by atoms with E-state index < -0.39 is 5.54 Å². The van der Waals surface area contributed by atoms with E-state index in [0.717, 1.165) is 4.90 Å². The van der Waals surface area contributed by atoms with Gasteiger partial charge in [-0.25, -0.2) is 9.97 Å². The van der Waals surface area contributed by atoms with Crippen LogP contribution >= 0.6 is 23.5 Å². The van der Waals surface area contributed by atoms with Crippen molar-refractivity contribution in [1.29, 1.82) is 0 Å². The van der Waals surface area contributed by atoms with Gasteiger partial charge in [0, 0.05) is 26.7 Å². The standard InChI is InChI=1S/C25H30ClN5O2S/c1-24(2,3)31-34-19-8-6-7-18(13-19)28-23(33)22-21(16-9-11-17(26)12-10-16)29-20(14-27-22)30-25(4,5)15-32/h6-14,31-32H,15H2,1-5H3,(H,28,33)(H,29,30). The molecule has 1 aromatic heterocycles. The first-order valence-electron chi connectivity index (χ1n) is 10.8. The van der Waals surface area contributed by atoms with E-state index in [1.54, 1.807) is 24.3 Å². The van der Waals surface area contributed by atoms with Crippen molar-refractivity contribution in [2.45, 2.75) is 50.6 Å². The number of aromatic nitrogens is 2. The van der Waals surface area contributed by atoms with Gasteiger partial charge in [0.1, 0.15) is 11.5 Å². The molecule has 0 atom stereocenters. The number of rotatable bonds is 8. The molecule has 0 saturated heterocycles. The fraction of sp³-hybridized carbons (Fsp3) is 0.320. The van der Waals surface area contributed by atoms with Gasteiger partial charge in [0.2, 0.25) is 0 Å². The van der Waals surface area contributed by atoms with Crippen LogP contribution in [0.2, 0.25) is 5.02 Å². The molecule has 34 heavy (non-hydrogen) atoms. The molecule has 3 aromatic rings. The van der Waals surface area contributed by atoms with E-state index in [2.05, 4.69) is 46.1 Å². The number of halogens is 1. The van der Waals surface area contributed by atoms with Crippen molar-refractivity contribution in [3.8, 4) is 11.3 Å². The summed E-state index contributed by atoms with van der Waals surface area (Å²) in [5.41, 5.74) is 1.29. The Bertz CT molecular complexity index is 1150. The Balaban J connectivity index is 1.90. The lowest BCUT2D eigenvalue weighted by Gasteiger charge is -2.24. The zero-order chi connectivity index (χ0) is 24.9. The molecule has 4 N–H and O–H groups in total. The van der Waals surface area contributed by atoms with Crippen molar-refractivity contribution in [1.82, 2.24) is 14.7 Å². The van der Waals surface area contributed by atoms with Crippen LogP contribution in [0.15, 0.2) is 59.6 Å². The van der Waals surface area contributed by atoms with Crippen molar-refractivity contribution in [2.24, 2.45) is 0 Å². The number of benzene rings is 2. The number of nitrogens with one attached hydrogen (secondary N) is 3. The molecule has 0 unspecified atom stereocenters. The maximum absolute atomic E-state index is 13.2. The Morgan fingerprint density at radius 3 is 2.44 bits per heavy atom. The van der Waals surface area contributed by atoms with Gasteiger partial charge in [-0.1, -0.05) is 29.8 Å². The van der Waals surface area contributed by atoms with Gasteiger partial charge in [-0.15, -0.1) is 0 Å². The minimum atomic E-state index is -0.602. The highest BCUT2D eigenvalue weighted by atomic mass is 35.5. The Labute approximate surface area is 209 Å². The summed E-state index contributed by atoms with van der Waals surface area (Å²) in [6.07, 6.45) is 1.49. The second kappa shape index (κ2) is 10.7. The summed E-state index contributed by atoms with van der Waals surface area (Å²) in [6, 6.07) is 14.6. The minimum absolute atomic E-state index is 0.0483. The van der Waals surface area contributed by atoms with Gasteiger partial charge in [0.25, 0.3) is 5.91 Å². The third-order valence-corrected chi connectivity index (χ3v) is 5.99. The number of amides is 1. The molecule has 0 bridgehead atoms. The quantitative estimate of drug-likeness (QED) is 0.298. The van der Waals surface area contributed by atoms with Crippen LogP contribution in [-0.4, -0.2) is 38.7 Å². The van der Waals surface area contributed by atoms with E-state index in [-0.39, 0.29) is 23.7 Å². The van der Waals surface area contributed by atoms with Crippen LogP contribution in [0.4, 0.5) is 11.5 Å². The van der Waals surface area contributed by atoms with Crippen LogP contribution in [0.3, 0.4) is 0 Å². The molecule has 0 aliphatic carbocycles. The summed E-state index contributed by atoms with van der Waals surface area (Å²) >= 11 is 7.56. The smallest absolute Gasteiger partial charge is 0.276 e. The summed E-state index contributed by atoms with van der Waals surface area (Å²) < 4.78 is 3.36. The molecule has 0 saturated carbocycles. The first-order chi connectivity index (χ1) is 16.0. The Kier molecular flexibility index (Phi) is 8.20. The largest absolute Gasteiger partial charge is 0.394 e. The number of anilines is 2. The van der Waals surface area contributed by atoms with Crippen LogP contribution in [0.5, 0.6) is 0 Å². The summed E-state index contributed by atoms with van der Waals surface area (Å²) in [4.78, 5) is 23.3. The molecule has 1 amide bonds. The van der Waals surface area contributed by atoms with Gasteiger partial charge in [-0.3, -0.25) is 9.52 Å².